The number of benzene rings is 1. The number of rotatable bonds is 2. The van der Waals surface area contributed by atoms with E-state index < -0.39 is 10.0 Å². The van der Waals surface area contributed by atoms with Gasteiger partial charge in [-0.15, -0.1) is 4.83 Å². The van der Waals surface area contributed by atoms with E-state index in [9.17, 15) is 8.42 Å². The number of nitrogens with one attached hydrogen (secondary N) is 1. The maximum absolute atomic E-state index is 11.3. The third kappa shape index (κ3) is 2.00. The van der Waals surface area contributed by atoms with Gasteiger partial charge in [-0.25, -0.2) is 8.42 Å². The minimum Gasteiger partial charge on any atom is -0.257 e. The van der Waals surface area contributed by atoms with Crippen LogP contribution in [0, 0.1) is 6.92 Å². The molecular weight excluding hydrogens is 212 g/mol. The molecule has 1 aromatic rings. The molecule has 0 heterocycles. The second-order valence-corrected chi connectivity index (χ2v) is 4.57. The van der Waals surface area contributed by atoms with E-state index in [-0.39, 0.29) is 9.92 Å². The quantitative estimate of drug-likeness (QED) is 0.572. The van der Waals surface area contributed by atoms with Crippen molar-refractivity contribution in [3.8, 4) is 0 Å². The zero-order valence-corrected chi connectivity index (χ0v) is 8.48. The summed E-state index contributed by atoms with van der Waals surface area (Å²) in [7, 11) is -3.66. The number of halogens is 1. The van der Waals surface area contributed by atoms with Crippen LogP contribution in [0.2, 0.25) is 5.02 Å². The predicted molar refractivity (Wildman–Crippen MR) is 50.7 cm³/mol. The molecule has 3 N–H and O–H groups in total. The molecule has 0 radical (unpaired) electrons. The summed E-state index contributed by atoms with van der Waals surface area (Å²) in [5, 5.41) is 0.165. The Labute approximate surface area is 81.7 Å². The van der Waals surface area contributed by atoms with E-state index in [0.717, 1.165) is 0 Å². The largest absolute Gasteiger partial charge is 0.257 e. The van der Waals surface area contributed by atoms with E-state index in [2.05, 4.69) is 0 Å². The van der Waals surface area contributed by atoms with Gasteiger partial charge in [-0.1, -0.05) is 23.7 Å². The van der Waals surface area contributed by atoms with Crippen LogP contribution in [0.5, 0.6) is 0 Å². The molecule has 0 aliphatic carbocycles. The van der Waals surface area contributed by atoms with Crippen LogP contribution in [0.25, 0.3) is 0 Å². The smallest absolute Gasteiger partial charge is 0.254 e. The van der Waals surface area contributed by atoms with Crippen LogP contribution < -0.4 is 10.7 Å². The molecule has 0 atom stereocenters. The summed E-state index contributed by atoms with van der Waals surface area (Å²) in [4.78, 5) is 1.75. The molecule has 0 fully saturated rings. The summed E-state index contributed by atoms with van der Waals surface area (Å²) < 4.78 is 22.6. The van der Waals surface area contributed by atoms with Gasteiger partial charge in [0.25, 0.3) is 10.0 Å². The zero-order chi connectivity index (χ0) is 10.1. The molecular formula is C7H9ClN2O2S. The highest BCUT2D eigenvalue weighted by molar-refractivity contribution is 7.89. The molecule has 0 bridgehead atoms. The average Bonchev–Trinajstić information content (AvgIpc) is 2.03. The first-order chi connectivity index (χ1) is 5.99. The fourth-order valence-electron chi connectivity index (χ4n) is 1.02. The van der Waals surface area contributed by atoms with Crippen molar-refractivity contribution in [1.29, 1.82) is 0 Å². The molecule has 0 amide bonds. The van der Waals surface area contributed by atoms with Gasteiger partial charge < -0.3 is 0 Å². The van der Waals surface area contributed by atoms with Crippen LogP contribution in [-0.2, 0) is 10.0 Å². The van der Waals surface area contributed by atoms with Crippen LogP contribution in [-0.4, -0.2) is 8.42 Å². The van der Waals surface area contributed by atoms with E-state index >= 15 is 0 Å². The lowest BCUT2D eigenvalue weighted by Crippen LogP contribution is -2.30. The van der Waals surface area contributed by atoms with Crippen LogP contribution in [0.3, 0.4) is 0 Å². The van der Waals surface area contributed by atoms with Crippen LogP contribution in [0.4, 0.5) is 0 Å². The van der Waals surface area contributed by atoms with Crippen molar-refractivity contribution in [1.82, 2.24) is 4.83 Å². The fourth-order valence-corrected chi connectivity index (χ4v) is 2.48. The molecule has 0 aliphatic rings. The van der Waals surface area contributed by atoms with Crippen molar-refractivity contribution in [3.05, 3.63) is 28.8 Å². The third-order valence-corrected chi connectivity index (χ3v) is 3.40. The molecule has 1 aromatic carbocycles. The molecule has 0 aliphatic heterocycles. The van der Waals surface area contributed by atoms with E-state index in [1.54, 1.807) is 23.9 Å². The normalized spacial score (nSPS) is 11.6. The van der Waals surface area contributed by atoms with E-state index in [1.807, 2.05) is 0 Å². The van der Waals surface area contributed by atoms with Crippen molar-refractivity contribution in [2.45, 2.75) is 11.8 Å². The molecule has 0 unspecified atom stereocenters. The second-order valence-electron chi connectivity index (χ2n) is 2.51. The van der Waals surface area contributed by atoms with Gasteiger partial charge in [0.1, 0.15) is 4.90 Å². The maximum atomic E-state index is 11.3. The summed E-state index contributed by atoms with van der Waals surface area (Å²) in [5.74, 6) is 4.88. The average molecular weight is 221 g/mol. The Balaban J connectivity index is 3.46. The minimum atomic E-state index is -3.66. The number of aryl methyl sites for hydroxylation is 1. The molecule has 0 spiro atoms. The Bertz CT molecular complexity index is 396. The molecule has 1 rings (SSSR count). The monoisotopic (exact) mass is 220 g/mol. The summed E-state index contributed by atoms with van der Waals surface area (Å²) in [6, 6.07) is 4.82. The number of hydrazine groups is 1. The Morgan fingerprint density at radius 1 is 1.46 bits per heavy atom. The summed E-state index contributed by atoms with van der Waals surface area (Å²) >= 11 is 5.72. The predicted octanol–water partition coefficient (Wildman–Crippen LogP) is 0.800. The van der Waals surface area contributed by atoms with Crippen LogP contribution >= 0.6 is 11.6 Å². The SMILES string of the molecule is Cc1cccc(Cl)c1S(=O)(=O)NN. The Hall–Kier alpha value is -0.620. The summed E-state index contributed by atoms with van der Waals surface area (Å²) in [5.41, 5.74) is 0.561. The number of nitrogens with two attached hydrogens (primary N) is 1. The van der Waals surface area contributed by atoms with E-state index in [4.69, 9.17) is 17.4 Å². The molecule has 13 heavy (non-hydrogen) atoms. The van der Waals surface area contributed by atoms with Crippen LogP contribution in [0.15, 0.2) is 23.1 Å². The highest BCUT2D eigenvalue weighted by Gasteiger charge is 2.18. The summed E-state index contributed by atoms with van der Waals surface area (Å²) in [6.45, 7) is 1.65. The van der Waals surface area contributed by atoms with Gasteiger partial charge in [0.15, 0.2) is 0 Å². The lowest BCUT2D eigenvalue weighted by atomic mass is 10.2. The Morgan fingerprint density at radius 2 is 2.08 bits per heavy atom. The number of sulfonamides is 1. The maximum Gasteiger partial charge on any atom is 0.254 e. The highest BCUT2D eigenvalue weighted by Crippen LogP contribution is 2.23. The topological polar surface area (TPSA) is 72.2 Å². The van der Waals surface area contributed by atoms with E-state index in [0.29, 0.717) is 5.56 Å². The molecule has 0 saturated carbocycles. The van der Waals surface area contributed by atoms with Crippen LogP contribution in [0.1, 0.15) is 5.56 Å². The molecule has 0 aromatic heterocycles. The number of hydrogen-bond acceptors (Lipinski definition) is 3. The zero-order valence-electron chi connectivity index (χ0n) is 6.91. The van der Waals surface area contributed by atoms with Gasteiger partial charge in [-0.2, -0.15) is 0 Å². The minimum absolute atomic E-state index is 0.0270. The lowest BCUT2D eigenvalue weighted by molar-refractivity contribution is 0.583. The van der Waals surface area contributed by atoms with Crippen molar-refractivity contribution >= 4 is 21.6 Å². The van der Waals surface area contributed by atoms with Gasteiger partial charge in [-0.3, -0.25) is 5.84 Å². The first kappa shape index (κ1) is 10.5. The van der Waals surface area contributed by atoms with Crippen molar-refractivity contribution < 1.29 is 8.42 Å². The van der Waals surface area contributed by atoms with Gasteiger partial charge in [0.05, 0.1) is 5.02 Å². The van der Waals surface area contributed by atoms with Gasteiger partial charge >= 0.3 is 0 Å². The van der Waals surface area contributed by atoms with Gasteiger partial charge in [0.2, 0.25) is 0 Å². The fraction of sp³-hybridized carbons (Fsp3) is 0.143. The van der Waals surface area contributed by atoms with Gasteiger partial charge in [-0.05, 0) is 18.6 Å². The van der Waals surface area contributed by atoms with E-state index in [1.165, 1.54) is 6.07 Å². The van der Waals surface area contributed by atoms with Crippen molar-refractivity contribution in [2.24, 2.45) is 5.84 Å². The molecule has 0 saturated heterocycles. The summed E-state index contributed by atoms with van der Waals surface area (Å²) in [6.07, 6.45) is 0. The van der Waals surface area contributed by atoms with Crippen molar-refractivity contribution in [3.63, 3.8) is 0 Å². The molecule has 4 nitrogen and oxygen atoms in total. The second kappa shape index (κ2) is 3.63. The first-order valence-electron chi connectivity index (χ1n) is 3.46. The Morgan fingerprint density at radius 3 is 2.54 bits per heavy atom. The van der Waals surface area contributed by atoms with Crippen molar-refractivity contribution in [2.75, 3.05) is 0 Å². The number of hydrogen-bond donors (Lipinski definition) is 2. The standard InChI is InChI=1S/C7H9ClN2O2S/c1-5-3-2-4-6(8)7(5)13(11,12)10-9/h2-4,10H,9H2,1H3. The third-order valence-electron chi connectivity index (χ3n) is 1.59. The lowest BCUT2D eigenvalue weighted by Gasteiger charge is -2.07. The molecule has 6 heteroatoms. The molecule has 72 valence electrons. The van der Waals surface area contributed by atoms with Gasteiger partial charge in [0, 0.05) is 0 Å². The highest BCUT2D eigenvalue weighted by atomic mass is 35.5. The Kier molecular flexibility index (Phi) is 2.92. The first-order valence-corrected chi connectivity index (χ1v) is 5.32.